The number of para-hydroxylation sites is 1. The second-order valence-electron chi connectivity index (χ2n) is 4.11. The number of benzene rings is 1. The fraction of sp³-hybridized carbons (Fsp3) is 0.500. The predicted octanol–water partition coefficient (Wildman–Crippen LogP) is 5.11. The van der Waals surface area contributed by atoms with Crippen molar-refractivity contribution in [1.29, 1.82) is 0 Å². The van der Waals surface area contributed by atoms with E-state index in [1.54, 1.807) is 0 Å². The Kier molecular flexibility index (Phi) is 12.5. The first-order valence-corrected chi connectivity index (χ1v) is 6.78. The molecule has 0 aliphatic carbocycles. The summed E-state index contributed by atoms with van der Waals surface area (Å²) in [6.07, 6.45) is 8.65. The van der Waals surface area contributed by atoms with Gasteiger partial charge in [0.2, 0.25) is 0 Å². The van der Waals surface area contributed by atoms with Crippen LogP contribution < -0.4 is 4.74 Å². The van der Waals surface area contributed by atoms with Gasteiger partial charge >= 0.3 is 0 Å². The fourth-order valence-electron chi connectivity index (χ4n) is 1.59. The monoisotopic (exact) mass is 250 g/mol. The molecule has 0 saturated carbocycles. The van der Waals surface area contributed by atoms with E-state index in [0.717, 1.165) is 18.6 Å². The standard InChI is InChI=1S/C14H22O.C2H4O/c1-2-3-4-5-6-10-13-15-14-11-8-7-9-12-14;1-2-3/h7-9,11-12H,2-6,10,13H2,1H3;2-3H,1H2. The second-order valence-corrected chi connectivity index (χ2v) is 4.11. The van der Waals surface area contributed by atoms with Crippen LogP contribution in [0.15, 0.2) is 43.2 Å². The normalized spacial score (nSPS) is 9.17. The molecule has 0 atom stereocenters. The zero-order chi connectivity index (χ0) is 13.5. The van der Waals surface area contributed by atoms with Crippen molar-refractivity contribution < 1.29 is 9.84 Å². The first-order valence-electron chi connectivity index (χ1n) is 6.78. The van der Waals surface area contributed by atoms with E-state index >= 15 is 0 Å². The molecule has 1 rings (SSSR count). The SMILES string of the molecule is C=CO.CCCCCCCCOc1ccccc1. The van der Waals surface area contributed by atoms with Crippen molar-refractivity contribution in [3.05, 3.63) is 43.2 Å². The smallest absolute Gasteiger partial charge is 0.119 e. The van der Waals surface area contributed by atoms with Gasteiger partial charge in [0.05, 0.1) is 12.9 Å². The van der Waals surface area contributed by atoms with Crippen LogP contribution in [0.5, 0.6) is 5.75 Å². The van der Waals surface area contributed by atoms with Crippen LogP contribution in [0, 0.1) is 0 Å². The van der Waals surface area contributed by atoms with E-state index in [0.29, 0.717) is 0 Å². The average Bonchev–Trinajstić information content (AvgIpc) is 2.40. The highest BCUT2D eigenvalue weighted by Crippen LogP contribution is 2.10. The molecular weight excluding hydrogens is 224 g/mol. The minimum atomic E-state index is 0.750. The van der Waals surface area contributed by atoms with E-state index in [1.807, 2.05) is 30.3 Å². The summed E-state index contributed by atoms with van der Waals surface area (Å²) in [7, 11) is 0. The summed E-state index contributed by atoms with van der Waals surface area (Å²) < 4.78 is 5.61. The van der Waals surface area contributed by atoms with Crippen LogP contribution >= 0.6 is 0 Å². The van der Waals surface area contributed by atoms with Crippen molar-refractivity contribution in [2.45, 2.75) is 45.4 Å². The third-order valence-electron chi connectivity index (χ3n) is 2.51. The van der Waals surface area contributed by atoms with Gasteiger partial charge in [0.1, 0.15) is 5.75 Å². The number of aliphatic hydroxyl groups is 1. The van der Waals surface area contributed by atoms with E-state index in [4.69, 9.17) is 9.84 Å². The van der Waals surface area contributed by atoms with Crippen molar-refractivity contribution >= 4 is 0 Å². The van der Waals surface area contributed by atoms with Gasteiger partial charge in [-0.2, -0.15) is 0 Å². The number of hydrogen-bond donors (Lipinski definition) is 1. The van der Waals surface area contributed by atoms with Crippen molar-refractivity contribution in [3.63, 3.8) is 0 Å². The number of unbranched alkanes of at least 4 members (excludes halogenated alkanes) is 5. The van der Waals surface area contributed by atoms with Gasteiger partial charge in [-0.3, -0.25) is 0 Å². The first kappa shape index (κ1) is 16.6. The van der Waals surface area contributed by atoms with Crippen molar-refractivity contribution in [2.75, 3.05) is 6.61 Å². The Labute approximate surface area is 111 Å². The van der Waals surface area contributed by atoms with E-state index in [1.165, 1.54) is 38.5 Å². The largest absolute Gasteiger partial charge is 0.516 e. The highest BCUT2D eigenvalue weighted by Gasteiger charge is 1.92. The molecule has 0 heterocycles. The Morgan fingerprint density at radius 3 is 2.22 bits per heavy atom. The summed E-state index contributed by atoms with van der Waals surface area (Å²) in [5, 5.41) is 7.33. The molecule has 2 nitrogen and oxygen atoms in total. The fourth-order valence-corrected chi connectivity index (χ4v) is 1.59. The van der Waals surface area contributed by atoms with E-state index in [-0.39, 0.29) is 0 Å². The Morgan fingerprint density at radius 2 is 1.61 bits per heavy atom. The number of hydrogen-bond acceptors (Lipinski definition) is 2. The summed E-state index contributed by atoms with van der Waals surface area (Å²) in [5.41, 5.74) is 0. The second kappa shape index (κ2) is 13.6. The maximum atomic E-state index is 7.33. The van der Waals surface area contributed by atoms with Gasteiger partial charge in [0.15, 0.2) is 0 Å². The van der Waals surface area contributed by atoms with Crippen molar-refractivity contribution in [3.8, 4) is 5.75 Å². The minimum absolute atomic E-state index is 0.750. The quantitative estimate of drug-likeness (QED) is 0.513. The summed E-state index contributed by atoms with van der Waals surface area (Å²) in [6, 6.07) is 10.1. The Morgan fingerprint density at radius 1 is 1.06 bits per heavy atom. The van der Waals surface area contributed by atoms with Crippen LogP contribution in [0.4, 0.5) is 0 Å². The Bertz CT molecular complexity index is 270. The topological polar surface area (TPSA) is 29.5 Å². The first-order chi connectivity index (χ1) is 8.85. The molecular formula is C16H26O2. The molecule has 102 valence electrons. The molecule has 0 aliphatic heterocycles. The molecule has 0 spiro atoms. The van der Waals surface area contributed by atoms with Gasteiger partial charge in [-0.05, 0) is 18.6 Å². The van der Waals surface area contributed by atoms with Gasteiger partial charge in [0.25, 0.3) is 0 Å². The lowest BCUT2D eigenvalue weighted by Gasteiger charge is -2.05. The van der Waals surface area contributed by atoms with Crippen LogP contribution in [-0.4, -0.2) is 11.7 Å². The molecule has 0 saturated heterocycles. The van der Waals surface area contributed by atoms with E-state index in [9.17, 15) is 0 Å². The Hall–Kier alpha value is -1.44. The van der Waals surface area contributed by atoms with Gasteiger partial charge in [-0.25, -0.2) is 0 Å². The van der Waals surface area contributed by atoms with Crippen LogP contribution in [0.1, 0.15) is 45.4 Å². The third kappa shape index (κ3) is 11.1. The predicted molar refractivity (Wildman–Crippen MR) is 78.1 cm³/mol. The molecule has 1 aromatic carbocycles. The lowest BCUT2D eigenvalue weighted by atomic mass is 10.1. The molecule has 18 heavy (non-hydrogen) atoms. The number of aliphatic hydroxyl groups excluding tert-OH is 1. The molecule has 0 bridgehead atoms. The van der Waals surface area contributed by atoms with Crippen molar-refractivity contribution in [2.24, 2.45) is 0 Å². The maximum absolute atomic E-state index is 7.33. The highest BCUT2D eigenvalue weighted by atomic mass is 16.5. The maximum Gasteiger partial charge on any atom is 0.119 e. The van der Waals surface area contributed by atoms with Crippen LogP contribution in [-0.2, 0) is 0 Å². The van der Waals surface area contributed by atoms with Gasteiger partial charge in [-0.1, -0.05) is 63.8 Å². The lowest BCUT2D eigenvalue weighted by molar-refractivity contribution is 0.304. The summed E-state index contributed by atoms with van der Waals surface area (Å²) in [4.78, 5) is 0. The van der Waals surface area contributed by atoms with E-state index < -0.39 is 0 Å². The summed E-state index contributed by atoms with van der Waals surface area (Å²) >= 11 is 0. The summed E-state index contributed by atoms with van der Waals surface area (Å²) in [6.45, 7) is 6.02. The van der Waals surface area contributed by atoms with Crippen LogP contribution in [0.3, 0.4) is 0 Å². The molecule has 1 N–H and O–H groups in total. The molecule has 0 radical (unpaired) electrons. The summed E-state index contributed by atoms with van der Waals surface area (Å²) in [5.74, 6) is 0.992. The molecule has 0 amide bonds. The minimum Gasteiger partial charge on any atom is -0.516 e. The molecule has 0 unspecified atom stereocenters. The van der Waals surface area contributed by atoms with Crippen LogP contribution in [0.25, 0.3) is 0 Å². The van der Waals surface area contributed by atoms with Gasteiger partial charge in [-0.15, -0.1) is 0 Å². The molecule has 0 aromatic heterocycles. The van der Waals surface area contributed by atoms with Gasteiger partial charge in [0, 0.05) is 0 Å². The zero-order valence-corrected chi connectivity index (χ0v) is 11.5. The lowest BCUT2D eigenvalue weighted by Crippen LogP contribution is -1.96. The molecule has 2 heteroatoms. The number of ether oxygens (including phenoxy) is 1. The average molecular weight is 250 g/mol. The Balaban J connectivity index is 0.000000873. The number of rotatable bonds is 8. The molecule has 0 fully saturated rings. The van der Waals surface area contributed by atoms with Gasteiger partial charge < -0.3 is 9.84 Å². The third-order valence-corrected chi connectivity index (χ3v) is 2.51. The highest BCUT2D eigenvalue weighted by molar-refractivity contribution is 5.20. The molecule has 0 aliphatic rings. The van der Waals surface area contributed by atoms with Crippen molar-refractivity contribution in [1.82, 2.24) is 0 Å². The zero-order valence-electron chi connectivity index (χ0n) is 11.5. The van der Waals surface area contributed by atoms with Crippen LogP contribution in [0.2, 0.25) is 0 Å². The molecule has 1 aromatic rings. The van der Waals surface area contributed by atoms with E-state index in [2.05, 4.69) is 13.5 Å².